The van der Waals surface area contributed by atoms with Gasteiger partial charge in [0.05, 0.1) is 11.0 Å². The molecule has 0 saturated carbocycles. The van der Waals surface area contributed by atoms with Crippen molar-refractivity contribution in [1.29, 1.82) is 5.26 Å². The van der Waals surface area contributed by atoms with Gasteiger partial charge in [-0.25, -0.2) is 0 Å². The van der Waals surface area contributed by atoms with Crippen LogP contribution >= 0.6 is 0 Å². The Morgan fingerprint density at radius 2 is 2.26 bits per heavy atom. The van der Waals surface area contributed by atoms with E-state index in [2.05, 4.69) is 16.3 Å². The van der Waals surface area contributed by atoms with Crippen LogP contribution in [0.15, 0.2) is 18.2 Å². The zero-order valence-electron chi connectivity index (χ0n) is 11.2. The Morgan fingerprint density at radius 1 is 1.53 bits per heavy atom. The van der Waals surface area contributed by atoms with Gasteiger partial charge >= 0.3 is 0 Å². The van der Waals surface area contributed by atoms with E-state index >= 15 is 0 Å². The van der Waals surface area contributed by atoms with Gasteiger partial charge in [-0.05, 0) is 18.2 Å². The standard InChI is InChI=1S/C13H18N4O2/c1-3-16(8-4-7-14)10-11-9-12(17(18)19)5-6-13(11)15-2/h5-6,9,15H,3-4,8,10H2,1-2H3. The monoisotopic (exact) mass is 262 g/mol. The molecule has 0 unspecified atom stereocenters. The Hall–Kier alpha value is -2.13. The molecule has 0 fully saturated rings. The maximum atomic E-state index is 10.8. The van der Waals surface area contributed by atoms with Crippen molar-refractivity contribution in [1.82, 2.24) is 4.90 Å². The Morgan fingerprint density at radius 3 is 2.79 bits per heavy atom. The van der Waals surface area contributed by atoms with Crippen molar-refractivity contribution in [2.24, 2.45) is 0 Å². The van der Waals surface area contributed by atoms with Gasteiger partial charge in [0.25, 0.3) is 5.69 Å². The zero-order valence-corrected chi connectivity index (χ0v) is 11.2. The molecule has 0 aliphatic rings. The van der Waals surface area contributed by atoms with Crippen molar-refractivity contribution in [2.75, 3.05) is 25.5 Å². The summed E-state index contributed by atoms with van der Waals surface area (Å²) >= 11 is 0. The maximum absolute atomic E-state index is 10.8. The average molecular weight is 262 g/mol. The molecule has 0 bridgehead atoms. The summed E-state index contributed by atoms with van der Waals surface area (Å²) in [5.41, 5.74) is 1.84. The smallest absolute Gasteiger partial charge is 0.269 e. The second kappa shape index (κ2) is 7.34. The number of rotatable bonds is 7. The minimum absolute atomic E-state index is 0.0883. The Labute approximate surface area is 112 Å². The van der Waals surface area contributed by atoms with Gasteiger partial charge in [0.1, 0.15) is 0 Å². The first-order valence-electron chi connectivity index (χ1n) is 6.16. The molecule has 0 spiro atoms. The molecule has 1 aromatic rings. The Bertz CT molecular complexity index is 482. The normalized spacial score (nSPS) is 10.2. The van der Waals surface area contributed by atoms with Crippen molar-refractivity contribution in [2.45, 2.75) is 19.9 Å². The number of benzene rings is 1. The molecule has 6 heteroatoms. The highest BCUT2D eigenvalue weighted by molar-refractivity contribution is 5.55. The molecule has 0 aliphatic carbocycles. The molecule has 1 rings (SSSR count). The van der Waals surface area contributed by atoms with Crippen LogP contribution < -0.4 is 5.32 Å². The summed E-state index contributed by atoms with van der Waals surface area (Å²) in [6.07, 6.45) is 0.456. The summed E-state index contributed by atoms with van der Waals surface area (Å²) < 4.78 is 0. The minimum Gasteiger partial charge on any atom is -0.388 e. The first-order chi connectivity index (χ1) is 9.12. The fraction of sp³-hybridized carbons (Fsp3) is 0.462. The van der Waals surface area contributed by atoms with Crippen LogP contribution in [0.1, 0.15) is 18.9 Å². The van der Waals surface area contributed by atoms with E-state index in [0.29, 0.717) is 19.5 Å². The van der Waals surface area contributed by atoms with Gasteiger partial charge in [-0.3, -0.25) is 15.0 Å². The fourth-order valence-corrected chi connectivity index (χ4v) is 1.87. The SMILES string of the molecule is CCN(CCC#N)Cc1cc([N+](=O)[O-])ccc1NC. The van der Waals surface area contributed by atoms with E-state index in [0.717, 1.165) is 17.8 Å². The number of non-ortho nitro benzene ring substituents is 1. The lowest BCUT2D eigenvalue weighted by Crippen LogP contribution is -2.24. The van der Waals surface area contributed by atoms with Crippen LogP contribution in [0.4, 0.5) is 11.4 Å². The van der Waals surface area contributed by atoms with Crippen LogP contribution in [0, 0.1) is 21.4 Å². The first kappa shape index (κ1) is 14.9. The third-order valence-corrected chi connectivity index (χ3v) is 2.95. The molecule has 0 heterocycles. The predicted molar refractivity (Wildman–Crippen MR) is 73.8 cm³/mol. The van der Waals surface area contributed by atoms with Crippen molar-refractivity contribution in [3.05, 3.63) is 33.9 Å². The van der Waals surface area contributed by atoms with Crippen LogP contribution in [0.3, 0.4) is 0 Å². The third-order valence-electron chi connectivity index (χ3n) is 2.95. The highest BCUT2D eigenvalue weighted by Gasteiger charge is 2.12. The quantitative estimate of drug-likeness (QED) is 0.602. The fourth-order valence-electron chi connectivity index (χ4n) is 1.87. The van der Waals surface area contributed by atoms with Gasteiger partial charge in [0.15, 0.2) is 0 Å². The Balaban J connectivity index is 2.93. The third kappa shape index (κ3) is 4.23. The lowest BCUT2D eigenvalue weighted by Gasteiger charge is -2.20. The number of nitrogens with one attached hydrogen (secondary N) is 1. The summed E-state index contributed by atoms with van der Waals surface area (Å²) in [4.78, 5) is 12.5. The summed E-state index contributed by atoms with van der Waals surface area (Å²) in [5.74, 6) is 0. The molecule has 6 nitrogen and oxygen atoms in total. The van der Waals surface area contributed by atoms with Gasteiger partial charge in [0.2, 0.25) is 0 Å². The van der Waals surface area contributed by atoms with Crippen molar-refractivity contribution in [3.8, 4) is 6.07 Å². The van der Waals surface area contributed by atoms with Gasteiger partial charge in [0, 0.05) is 44.4 Å². The van der Waals surface area contributed by atoms with E-state index in [1.54, 1.807) is 19.2 Å². The molecule has 0 aliphatic heterocycles. The van der Waals surface area contributed by atoms with Crippen LogP contribution in [-0.2, 0) is 6.54 Å². The molecule has 19 heavy (non-hydrogen) atoms. The predicted octanol–water partition coefficient (Wildman–Crippen LogP) is 2.37. The van der Waals surface area contributed by atoms with Crippen molar-refractivity contribution < 1.29 is 4.92 Å². The van der Waals surface area contributed by atoms with Gasteiger partial charge in [-0.1, -0.05) is 6.92 Å². The lowest BCUT2D eigenvalue weighted by molar-refractivity contribution is -0.384. The van der Waals surface area contributed by atoms with E-state index in [9.17, 15) is 10.1 Å². The molecule has 0 atom stereocenters. The number of nitriles is 1. The molecular weight excluding hydrogens is 244 g/mol. The van der Waals surface area contributed by atoms with Crippen molar-refractivity contribution in [3.63, 3.8) is 0 Å². The summed E-state index contributed by atoms with van der Waals surface area (Å²) in [7, 11) is 1.79. The second-order valence-electron chi connectivity index (χ2n) is 4.13. The van der Waals surface area contributed by atoms with Crippen LogP contribution in [0.25, 0.3) is 0 Å². The zero-order chi connectivity index (χ0) is 14.3. The number of anilines is 1. The molecule has 1 aromatic carbocycles. The number of nitrogens with zero attached hydrogens (tertiary/aromatic N) is 3. The minimum atomic E-state index is -0.394. The molecular formula is C13H18N4O2. The molecule has 102 valence electrons. The molecule has 0 radical (unpaired) electrons. The molecule has 1 N–H and O–H groups in total. The van der Waals surface area contributed by atoms with E-state index < -0.39 is 4.92 Å². The maximum Gasteiger partial charge on any atom is 0.269 e. The molecule has 0 amide bonds. The van der Waals surface area contributed by atoms with Crippen molar-refractivity contribution >= 4 is 11.4 Å². The molecule has 0 aromatic heterocycles. The Kier molecular flexibility index (Phi) is 5.76. The highest BCUT2D eigenvalue weighted by Crippen LogP contribution is 2.23. The van der Waals surface area contributed by atoms with E-state index in [4.69, 9.17) is 5.26 Å². The van der Waals surface area contributed by atoms with E-state index in [-0.39, 0.29) is 5.69 Å². The van der Waals surface area contributed by atoms with Gasteiger partial charge in [-0.15, -0.1) is 0 Å². The molecule has 0 saturated heterocycles. The number of nitro benzene ring substituents is 1. The highest BCUT2D eigenvalue weighted by atomic mass is 16.6. The van der Waals surface area contributed by atoms with E-state index in [1.165, 1.54) is 6.07 Å². The summed E-state index contributed by atoms with van der Waals surface area (Å²) in [6.45, 7) is 4.07. The van der Waals surface area contributed by atoms with Gasteiger partial charge < -0.3 is 5.32 Å². The number of hydrogen-bond donors (Lipinski definition) is 1. The summed E-state index contributed by atoms with van der Waals surface area (Å²) in [6, 6.07) is 6.90. The van der Waals surface area contributed by atoms with Gasteiger partial charge in [-0.2, -0.15) is 5.26 Å². The summed E-state index contributed by atoms with van der Waals surface area (Å²) in [5, 5.41) is 22.5. The van der Waals surface area contributed by atoms with Crippen LogP contribution in [-0.4, -0.2) is 30.0 Å². The lowest BCUT2D eigenvalue weighted by atomic mass is 10.1. The second-order valence-corrected chi connectivity index (χ2v) is 4.13. The van der Waals surface area contributed by atoms with Crippen LogP contribution in [0.5, 0.6) is 0 Å². The number of hydrogen-bond acceptors (Lipinski definition) is 5. The topological polar surface area (TPSA) is 82.2 Å². The van der Waals surface area contributed by atoms with Crippen LogP contribution in [0.2, 0.25) is 0 Å². The average Bonchev–Trinajstić information content (AvgIpc) is 2.43. The first-order valence-corrected chi connectivity index (χ1v) is 6.16. The van der Waals surface area contributed by atoms with E-state index in [1.807, 2.05) is 6.92 Å². The largest absolute Gasteiger partial charge is 0.388 e. The number of nitro groups is 1.